The fraction of sp³-hybridized carbons (Fsp3) is 1.00. The molecule has 0 saturated heterocycles. The van der Waals surface area contributed by atoms with Crippen LogP contribution in [0.15, 0.2) is 0 Å². The van der Waals surface area contributed by atoms with Gasteiger partial charge in [0.2, 0.25) is 0 Å². The summed E-state index contributed by atoms with van der Waals surface area (Å²) < 4.78 is 22.9. The van der Waals surface area contributed by atoms with E-state index in [1.165, 1.54) is 0 Å². The summed E-state index contributed by atoms with van der Waals surface area (Å²) in [5.41, 5.74) is 5.46. The lowest BCUT2D eigenvalue weighted by atomic mass is 9.91. The van der Waals surface area contributed by atoms with Crippen molar-refractivity contribution in [2.24, 2.45) is 11.1 Å². The Kier molecular flexibility index (Phi) is 4.16. The Balaban J connectivity index is 4.43. The van der Waals surface area contributed by atoms with Gasteiger partial charge >= 0.3 is 0 Å². The van der Waals surface area contributed by atoms with Crippen molar-refractivity contribution < 1.29 is 8.42 Å². The minimum Gasteiger partial charge on any atom is -0.330 e. The van der Waals surface area contributed by atoms with Crippen LogP contribution >= 0.6 is 0 Å². The maximum Gasteiger partial charge on any atom is 0.155 e. The highest BCUT2D eigenvalue weighted by molar-refractivity contribution is 7.92. The van der Waals surface area contributed by atoms with Crippen molar-refractivity contribution in [3.8, 4) is 0 Å². The summed E-state index contributed by atoms with van der Waals surface area (Å²) >= 11 is 0. The highest BCUT2D eigenvalue weighted by Crippen LogP contribution is 2.23. The quantitative estimate of drug-likeness (QED) is 0.784. The molecule has 14 heavy (non-hydrogen) atoms. The Labute approximate surface area is 88.0 Å². The number of hydrogen-bond acceptors (Lipinski definition) is 3. The van der Waals surface area contributed by atoms with Crippen LogP contribution in [0.25, 0.3) is 0 Å². The first-order valence-electron chi connectivity index (χ1n) is 4.94. The van der Waals surface area contributed by atoms with Crippen LogP contribution in [0, 0.1) is 5.41 Å². The third kappa shape index (κ3) is 3.96. The van der Waals surface area contributed by atoms with Crippen molar-refractivity contribution in [2.75, 3.05) is 12.3 Å². The molecule has 0 spiro atoms. The molecule has 0 atom stereocenters. The predicted molar refractivity (Wildman–Crippen MR) is 61.0 cm³/mol. The average Bonchev–Trinajstić information content (AvgIpc) is 1.99. The molecule has 86 valence electrons. The standard InChI is InChI=1S/C10H23NO2S/c1-9(2,3)14(12,13)7-6-10(4,5)8-11/h6-8,11H2,1-5H3. The van der Waals surface area contributed by atoms with Crippen LogP contribution in [-0.4, -0.2) is 25.5 Å². The first-order valence-corrected chi connectivity index (χ1v) is 6.59. The number of rotatable bonds is 4. The van der Waals surface area contributed by atoms with Crippen LogP contribution in [0.2, 0.25) is 0 Å². The van der Waals surface area contributed by atoms with Crippen molar-refractivity contribution in [2.45, 2.75) is 45.8 Å². The molecule has 0 aromatic carbocycles. The Hall–Kier alpha value is -0.0900. The van der Waals surface area contributed by atoms with Crippen molar-refractivity contribution in [3.05, 3.63) is 0 Å². The lowest BCUT2D eigenvalue weighted by Gasteiger charge is -2.25. The first kappa shape index (κ1) is 13.9. The van der Waals surface area contributed by atoms with Gasteiger partial charge in [-0.1, -0.05) is 13.8 Å². The van der Waals surface area contributed by atoms with E-state index < -0.39 is 14.6 Å². The molecular weight excluding hydrogens is 198 g/mol. The summed E-state index contributed by atoms with van der Waals surface area (Å²) in [5, 5.41) is 0. The van der Waals surface area contributed by atoms with Crippen molar-refractivity contribution in [3.63, 3.8) is 0 Å². The predicted octanol–water partition coefficient (Wildman–Crippen LogP) is 1.57. The number of sulfone groups is 1. The van der Waals surface area contributed by atoms with Gasteiger partial charge in [0.15, 0.2) is 9.84 Å². The van der Waals surface area contributed by atoms with Crippen LogP contribution < -0.4 is 5.73 Å². The highest BCUT2D eigenvalue weighted by Gasteiger charge is 2.30. The summed E-state index contributed by atoms with van der Waals surface area (Å²) in [4.78, 5) is 0. The molecule has 0 unspecified atom stereocenters. The van der Waals surface area contributed by atoms with Crippen LogP contribution in [0.5, 0.6) is 0 Å². The molecule has 0 aromatic heterocycles. The summed E-state index contributed by atoms with van der Waals surface area (Å²) in [7, 11) is -3.00. The van der Waals surface area contributed by atoms with Crippen LogP contribution in [0.1, 0.15) is 41.0 Å². The van der Waals surface area contributed by atoms with Crippen molar-refractivity contribution >= 4 is 9.84 Å². The molecule has 0 aliphatic carbocycles. The second kappa shape index (κ2) is 4.19. The Morgan fingerprint density at radius 3 is 1.79 bits per heavy atom. The lowest BCUT2D eigenvalue weighted by molar-refractivity contribution is 0.364. The van der Waals surface area contributed by atoms with Crippen molar-refractivity contribution in [1.29, 1.82) is 0 Å². The monoisotopic (exact) mass is 221 g/mol. The molecule has 4 heteroatoms. The first-order chi connectivity index (χ1) is 6.02. The average molecular weight is 221 g/mol. The van der Waals surface area contributed by atoms with Gasteiger partial charge in [-0.3, -0.25) is 0 Å². The fourth-order valence-corrected chi connectivity index (χ4v) is 2.25. The zero-order chi connectivity index (χ0) is 11.6. The van der Waals surface area contributed by atoms with Crippen LogP contribution in [-0.2, 0) is 9.84 Å². The summed E-state index contributed by atoms with van der Waals surface area (Å²) in [5.74, 6) is 0.223. The van der Waals surface area contributed by atoms with E-state index in [0.29, 0.717) is 13.0 Å². The van der Waals surface area contributed by atoms with Crippen LogP contribution in [0.3, 0.4) is 0 Å². The molecule has 0 radical (unpaired) electrons. The molecular formula is C10H23NO2S. The number of hydrogen-bond donors (Lipinski definition) is 1. The SMILES string of the molecule is CC(C)(CN)CCS(=O)(=O)C(C)(C)C. The Morgan fingerprint density at radius 2 is 1.50 bits per heavy atom. The Bertz CT molecular complexity index is 273. The van der Waals surface area contributed by atoms with E-state index in [1.54, 1.807) is 20.8 Å². The summed E-state index contributed by atoms with van der Waals surface area (Å²) in [6.07, 6.45) is 0.628. The van der Waals surface area contributed by atoms with Gasteiger partial charge in [0.1, 0.15) is 0 Å². The third-order valence-electron chi connectivity index (χ3n) is 2.53. The normalized spacial score (nSPS) is 14.4. The highest BCUT2D eigenvalue weighted by atomic mass is 32.2. The zero-order valence-corrected chi connectivity index (χ0v) is 10.7. The molecule has 0 fully saturated rings. The molecule has 0 amide bonds. The van der Waals surface area contributed by atoms with Gasteiger partial charge in [-0.05, 0) is 39.2 Å². The molecule has 0 aromatic rings. The molecule has 0 saturated carbocycles. The summed E-state index contributed by atoms with van der Waals surface area (Å²) in [6, 6.07) is 0. The second-order valence-corrected chi connectivity index (χ2v) is 8.41. The molecule has 2 N–H and O–H groups in total. The zero-order valence-electron chi connectivity index (χ0n) is 9.92. The van der Waals surface area contributed by atoms with E-state index in [1.807, 2.05) is 13.8 Å². The number of nitrogens with two attached hydrogens (primary N) is 1. The molecule has 0 aliphatic rings. The third-order valence-corrected chi connectivity index (χ3v) is 5.14. The minimum absolute atomic E-state index is 0.0850. The van der Waals surface area contributed by atoms with E-state index in [4.69, 9.17) is 5.73 Å². The van der Waals surface area contributed by atoms with E-state index >= 15 is 0 Å². The largest absolute Gasteiger partial charge is 0.330 e. The molecule has 3 nitrogen and oxygen atoms in total. The smallest absolute Gasteiger partial charge is 0.155 e. The van der Waals surface area contributed by atoms with E-state index in [2.05, 4.69) is 0 Å². The van der Waals surface area contributed by atoms with Gasteiger partial charge < -0.3 is 5.73 Å². The van der Waals surface area contributed by atoms with E-state index in [-0.39, 0.29) is 11.2 Å². The van der Waals surface area contributed by atoms with Gasteiger partial charge in [-0.15, -0.1) is 0 Å². The topological polar surface area (TPSA) is 60.2 Å². The van der Waals surface area contributed by atoms with E-state index in [9.17, 15) is 8.42 Å². The van der Waals surface area contributed by atoms with Crippen molar-refractivity contribution in [1.82, 2.24) is 0 Å². The van der Waals surface area contributed by atoms with Gasteiger partial charge in [-0.25, -0.2) is 8.42 Å². The van der Waals surface area contributed by atoms with Gasteiger partial charge in [0.25, 0.3) is 0 Å². The molecule has 0 heterocycles. The molecule has 0 aliphatic heterocycles. The molecule has 0 bridgehead atoms. The second-order valence-electron chi connectivity index (χ2n) is 5.55. The van der Waals surface area contributed by atoms with Gasteiger partial charge in [0.05, 0.1) is 10.5 Å². The van der Waals surface area contributed by atoms with Gasteiger partial charge in [-0.2, -0.15) is 0 Å². The Morgan fingerprint density at radius 1 is 1.07 bits per heavy atom. The fourth-order valence-electron chi connectivity index (χ4n) is 0.819. The summed E-state index contributed by atoms with van der Waals surface area (Å²) in [6.45, 7) is 9.70. The molecule has 0 rings (SSSR count). The minimum atomic E-state index is -3.00. The van der Waals surface area contributed by atoms with Gasteiger partial charge in [0, 0.05) is 0 Å². The lowest BCUT2D eigenvalue weighted by Crippen LogP contribution is -2.34. The van der Waals surface area contributed by atoms with E-state index in [0.717, 1.165) is 0 Å². The maximum atomic E-state index is 11.8. The maximum absolute atomic E-state index is 11.8. The van der Waals surface area contributed by atoms with Crippen LogP contribution in [0.4, 0.5) is 0 Å².